The highest BCUT2D eigenvalue weighted by molar-refractivity contribution is 5.83. The number of carboxylic acid groups (broad SMARTS) is 1. The number of unbranched alkanes of at least 4 members (excludes halogenated alkanes) is 1. The zero-order valence-corrected chi connectivity index (χ0v) is 10.7. The molecule has 0 heterocycles. The average molecular weight is 277 g/mol. The molecule has 0 radical (unpaired) electrons. The fourth-order valence-corrected chi connectivity index (χ4v) is 0.955. The summed E-state index contributed by atoms with van der Waals surface area (Å²) in [6.07, 6.45) is 2.11. The first-order valence-corrected chi connectivity index (χ1v) is 5.74. The van der Waals surface area contributed by atoms with Crippen molar-refractivity contribution in [1.29, 1.82) is 0 Å². The van der Waals surface area contributed by atoms with Crippen molar-refractivity contribution in [3.8, 4) is 0 Å². The molecule has 112 valence electrons. The number of carbonyl (C=O) groups excluding carboxylic acids is 2. The number of hydrogen-bond acceptors (Lipinski definition) is 6. The predicted molar refractivity (Wildman–Crippen MR) is 69.5 cm³/mol. The van der Waals surface area contributed by atoms with Crippen LogP contribution in [0.3, 0.4) is 0 Å². The molecule has 11 N–H and O–H groups in total. The quantitative estimate of drug-likeness (QED) is 0.257. The van der Waals surface area contributed by atoms with Gasteiger partial charge in [0.15, 0.2) is 0 Å². The molecule has 9 heteroatoms. The van der Waals surface area contributed by atoms with Crippen LogP contribution in [0.5, 0.6) is 0 Å². The smallest absolute Gasteiger partial charge is 0.321 e. The molecular formula is C10H23N5O4. The Morgan fingerprint density at radius 3 is 1.79 bits per heavy atom. The molecule has 2 unspecified atom stereocenters. The van der Waals surface area contributed by atoms with Crippen LogP contribution in [0.2, 0.25) is 0 Å². The minimum absolute atomic E-state index is 0.310. The van der Waals surface area contributed by atoms with Crippen molar-refractivity contribution in [3.63, 3.8) is 0 Å². The Hall–Kier alpha value is -1.71. The van der Waals surface area contributed by atoms with Gasteiger partial charge < -0.3 is 33.8 Å². The molecule has 2 amide bonds. The molecule has 0 aromatic rings. The topological polar surface area (TPSA) is 202 Å². The van der Waals surface area contributed by atoms with Crippen LogP contribution >= 0.6 is 0 Å². The van der Waals surface area contributed by atoms with Gasteiger partial charge in [0.25, 0.3) is 0 Å². The zero-order valence-electron chi connectivity index (χ0n) is 10.7. The maximum Gasteiger partial charge on any atom is 0.321 e. The highest BCUT2D eigenvalue weighted by Crippen LogP contribution is 1.96. The Morgan fingerprint density at radius 1 is 1.00 bits per heavy atom. The van der Waals surface area contributed by atoms with E-state index in [4.69, 9.17) is 28.0 Å². The fourth-order valence-electron chi connectivity index (χ4n) is 0.955. The summed E-state index contributed by atoms with van der Waals surface area (Å²) in [5.74, 6) is -2.35. The summed E-state index contributed by atoms with van der Waals surface area (Å²) < 4.78 is 0. The van der Waals surface area contributed by atoms with Crippen LogP contribution in [0, 0.1) is 0 Å². The number of carboxylic acids is 1. The second kappa shape index (κ2) is 11.4. The third-order valence-corrected chi connectivity index (χ3v) is 2.07. The number of amides is 2. The number of carbonyl (C=O) groups is 3. The largest absolute Gasteiger partial charge is 0.480 e. The number of nitrogens with two attached hydrogens (primary N) is 5. The van der Waals surface area contributed by atoms with E-state index in [0.717, 1.165) is 12.8 Å². The van der Waals surface area contributed by atoms with Crippen molar-refractivity contribution in [1.82, 2.24) is 0 Å². The van der Waals surface area contributed by atoms with Crippen molar-refractivity contribution >= 4 is 17.8 Å². The van der Waals surface area contributed by atoms with E-state index in [1.807, 2.05) is 0 Å². The Bertz CT molecular complexity index is 298. The molecule has 0 rings (SSSR count). The molecule has 0 fully saturated rings. The SMILES string of the molecule is NC(=O)CC(N)C(=O)O.NCCCCC(N)C(N)=O. The first-order valence-electron chi connectivity index (χ1n) is 5.74. The third kappa shape index (κ3) is 14.2. The van der Waals surface area contributed by atoms with Gasteiger partial charge in [-0.1, -0.05) is 6.42 Å². The van der Waals surface area contributed by atoms with Gasteiger partial charge in [0.1, 0.15) is 6.04 Å². The summed E-state index contributed by atoms with van der Waals surface area (Å²) in [7, 11) is 0. The van der Waals surface area contributed by atoms with E-state index in [-0.39, 0.29) is 6.42 Å². The average Bonchev–Trinajstić information content (AvgIpc) is 2.28. The molecule has 0 aliphatic rings. The Morgan fingerprint density at radius 2 is 1.53 bits per heavy atom. The number of hydrogen-bond donors (Lipinski definition) is 6. The summed E-state index contributed by atoms with van der Waals surface area (Å²) in [6.45, 7) is 0.644. The lowest BCUT2D eigenvalue weighted by Crippen LogP contribution is -2.36. The molecule has 2 atom stereocenters. The van der Waals surface area contributed by atoms with E-state index in [0.29, 0.717) is 13.0 Å². The minimum Gasteiger partial charge on any atom is -0.480 e. The number of rotatable bonds is 8. The maximum absolute atomic E-state index is 10.4. The van der Waals surface area contributed by atoms with E-state index < -0.39 is 29.9 Å². The standard InChI is InChI=1S/C6H15N3O.C4H8N2O3/c7-4-2-1-3-5(8)6(9)10;5-2(4(8)9)1-3(6)7/h5H,1-4,7-8H2,(H2,9,10);2H,1,5H2,(H2,6,7)(H,8,9). The van der Waals surface area contributed by atoms with E-state index in [1.54, 1.807) is 0 Å². The van der Waals surface area contributed by atoms with Gasteiger partial charge in [0.05, 0.1) is 12.5 Å². The van der Waals surface area contributed by atoms with Gasteiger partial charge in [-0.15, -0.1) is 0 Å². The lowest BCUT2D eigenvalue weighted by Gasteiger charge is -2.04. The molecule has 9 nitrogen and oxygen atoms in total. The predicted octanol–water partition coefficient (Wildman–Crippen LogP) is -2.80. The number of primary amides is 2. The van der Waals surface area contributed by atoms with Gasteiger partial charge in [-0.25, -0.2) is 0 Å². The fraction of sp³-hybridized carbons (Fsp3) is 0.700. The summed E-state index contributed by atoms with van der Waals surface area (Å²) in [5, 5.41) is 8.10. The molecule has 0 saturated carbocycles. The molecule has 0 aromatic heterocycles. The molecule has 0 bridgehead atoms. The Balaban J connectivity index is 0. The molecule has 0 aliphatic carbocycles. The van der Waals surface area contributed by atoms with E-state index in [2.05, 4.69) is 5.73 Å². The second-order valence-electron chi connectivity index (χ2n) is 3.91. The van der Waals surface area contributed by atoms with E-state index in [9.17, 15) is 14.4 Å². The molecular weight excluding hydrogens is 254 g/mol. The molecule has 0 aliphatic heterocycles. The van der Waals surface area contributed by atoms with E-state index in [1.165, 1.54) is 0 Å². The van der Waals surface area contributed by atoms with Gasteiger partial charge in [0.2, 0.25) is 11.8 Å². The second-order valence-corrected chi connectivity index (χ2v) is 3.91. The van der Waals surface area contributed by atoms with Gasteiger partial charge in [-0.05, 0) is 19.4 Å². The Labute approximate surface area is 111 Å². The van der Waals surface area contributed by atoms with Crippen LogP contribution in [-0.4, -0.2) is 41.5 Å². The van der Waals surface area contributed by atoms with Gasteiger partial charge >= 0.3 is 5.97 Å². The first kappa shape index (κ1) is 19.6. The summed E-state index contributed by atoms with van der Waals surface area (Å²) >= 11 is 0. The van der Waals surface area contributed by atoms with Crippen LogP contribution in [-0.2, 0) is 14.4 Å². The highest BCUT2D eigenvalue weighted by atomic mass is 16.4. The molecule has 0 aromatic carbocycles. The third-order valence-electron chi connectivity index (χ3n) is 2.07. The maximum atomic E-state index is 10.4. The lowest BCUT2D eigenvalue weighted by molar-refractivity contribution is -0.140. The van der Waals surface area contributed by atoms with Gasteiger partial charge in [-0.3, -0.25) is 14.4 Å². The zero-order chi connectivity index (χ0) is 15.4. The first-order chi connectivity index (χ1) is 8.72. The monoisotopic (exact) mass is 277 g/mol. The minimum atomic E-state index is -1.21. The van der Waals surface area contributed by atoms with Crippen molar-refractivity contribution in [2.24, 2.45) is 28.7 Å². The normalized spacial score (nSPS) is 12.8. The van der Waals surface area contributed by atoms with Crippen molar-refractivity contribution in [2.75, 3.05) is 6.54 Å². The van der Waals surface area contributed by atoms with Crippen LogP contribution in [0.4, 0.5) is 0 Å². The lowest BCUT2D eigenvalue weighted by atomic mass is 10.1. The van der Waals surface area contributed by atoms with Crippen LogP contribution in [0.25, 0.3) is 0 Å². The van der Waals surface area contributed by atoms with Crippen molar-refractivity contribution < 1.29 is 19.5 Å². The van der Waals surface area contributed by atoms with E-state index >= 15 is 0 Å². The summed E-state index contributed by atoms with van der Waals surface area (Å²) in [5.41, 5.74) is 25.1. The summed E-state index contributed by atoms with van der Waals surface area (Å²) in [6, 6.07) is -1.66. The van der Waals surface area contributed by atoms with Crippen LogP contribution < -0.4 is 28.7 Å². The van der Waals surface area contributed by atoms with Crippen molar-refractivity contribution in [3.05, 3.63) is 0 Å². The van der Waals surface area contributed by atoms with Crippen LogP contribution in [0.15, 0.2) is 0 Å². The van der Waals surface area contributed by atoms with Crippen LogP contribution in [0.1, 0.15) is 25.7 Å². The number of aliphatic carboxylic acids is 1. The molecule has 19 heavy (non-hydrogen) atoms. The highest BCUT2D eigenvalue weighted by Gasteiger charge is 2.13. The van der Waals surface area contributed by atoms with Crippen molar-refractivity contribution in [2.45, 2.75) is 37.8 Å². The van der Waals surface area contributed by atoms with Gasteiger partial charge in [0, 0.05) is 0 Å². The molecule has 0 spiro atoms. The van der Waals surface area contributed by atoms with Gasteiger partial charge in [-0.2, -0.15) is 0 Å². The molecule has 0 saturated heterocycles. The Kier molecular flexibility index (Phi) is 11.8. The summed E-state index contributed by atoms with van der Waals surface area (Å²) in [4.78, 5) is 30.3.